The number of aromatic nitrogens is 3. The van der Waals surface area contributed by atoms with E-state index >= 15 is 0 Å². The van der Waals surface area contributed by atoms with Gasteiger partial charge in [-0.15, -0.1) is 5.10 Å². The first-order valence-electron chi connectivity index (χ1n) is 12.2. The Hall–Kier alpha value is -1.93. The molecular weight excluding hydrogens is 370 g/mol. The molecule has 5 nitrogen and oxygen atoms in total. The monoisotopic (exact) mass is 411 g/mol. The molecule has 0 fully saturated rings. The molecule has 0 aliphatic heterocycles. The van der Waals surface area contributed by atoms with Crippen molar-refractivity contribution in [3.63, 3.8) is 0 Å². The Kier molecular flexibility index (Phi) is 12.1. The smallest absolute Gasteiger partial charge is 0.189 e. The minimum absolute atomic E-state index is 0.627. The molecular formula is C25H41N5. The molecule has 0 amide bonds. The quantitative estimate of drug-likeness (QED) is 0.208. The second-order valence-electron chi connectivity index (χ2n) is 8.47. The molecule has 0 atom stereocenters. The third-order valence-corrected chi connectivity index (χ3v) is 5.91. The van der Waals surface area contributed by atoms with Gasteiger partial charge in [0.15, 0.2) is 5.69 Å². The predicted molar refractivity (Wildman–Crippen MR) is 127 cm³/mol. The van der Waals surface area contributed by atoms with Crippen LogP contribution in [0.15, 0.2) is 18.2 Å². The van der Waals surface area contributed by atoms with E-state index in [9.17, 15) is 0 Å². The lowest BCUT2D eigenvalue weighted by Crippen LogP contribution is -2.30. The largest absolute Gasteiger partial charge is 0.301 e. The molecule has 0 aliphatic carbocycles. The van der Waals surface area contributed by atoms with Crippen LogP contribution in [0.4, 0.5) is 5.69 Å². The molecule has 0 bridgehead atoms. The molecule has 0 unspecified atom stereocenters. The third-order valence-electron chi connectivity index (χ3n) is 5.91. The standard InChI is InChI=1S/C25H41N5/c1-4-6-8-10-12-14-18-29(19-15-13-11-9-7-5-2)20-21-30-25-17-16-23(26-3)22-24(25)27-28-30/h16-17,22H,4-15,18-21H2,1-2H3. The Morgan fingerprint density at radius 2 is 1.43 bits per heavy atom. The SMILES string of the molecule is [C-]#[N+]c1ccc2c(c1)nnn2CCN(CCCCCCCC)CCCCCCCC. The van der Waals surface area contributed by atoms with Crippen molar-refractivity contribution in [1.82, 2.24) is 19.9 Å². The van der Waals surface area contributed by atoms with E-state index in [4.69, 9.17) is 6.57 Å². The van der Waals surface area contributed by atoms with Gasteiger partial charge in [0.1, 0.15) is 5.52 Å². The molecule has 0 saturated heterocycles. The second-order valence-corrected chi connectivity index (χ2v) is 8.47. The van der Waals surface area contributed by atoms with E-state index in [-0.39, 0.29) is 0 Å². The first-order chi connectivity index (χ1) is 14.8. The van der Waals surface area contributed by atoms with Gasteiger partial charge in [0.05, 0.1) is 18.6 Å². The van der Waals surface area contributed by atoms with Crippen LogP contribution in [0.2, 0.25) is 0 Å². The molecule has 30 heavy (non-hydrogen) atoms. The Balaban J connectivity index is 1.82. The maximum absolute atomic E-state index is 7.16. The van der Waals surface area contributed by atoms with Crippen LogP contribution in [0, 0.1) is 6.57 Å². The summed E-state index contributed by atoms with van der Waals surface area (Å²) in [6.45, 7) is 16.0. The topological polar surface area (TPSA) is 38.3 Å². The number of benzene rings is 1. The fourth-order valence-corrected chi connectivity index (χ4v) is 4.00. The van der Waals surface area contributed by atoms with Crippen molar-refractivity contribution < 1.29 is 0 Å². The molecule has 0 radical (unpaired) electrons. The summed E-state index contributed by atoms with van der Waals surface area (Å²) in [6.07, 6.45) is 16.2. The van der Waals surface area contributed by atoms with E-state index in [1.807, 2.05) is 22.9 Å². The Labute approximate surface area is 183 Å². The fraction of sp³-hybridized carbons (Fsp3) is 0.720. The van der Waals surface area contributed by atoms with Crippen LogP contribution in [0.5, 0.6) is 0 Å². The van der Waals surface area contributed by atoms with Crippen molar-refractivity contribution in [3.8, 4) is 0 Å². The summed E-state index contributed by atoms with van der Waals surface area (Å²) in [5.74, 6) is 0. The highest BCUT2D eigenvalue weighted by atomic mass is 15.4. The highest BCUT2D eigenvalue weighted by Crippen LogP contribution is 2.19. The molecule has 0 N–H and O–H groups in total. The van der Waals surface area contributed by atoms with Gasteiger partial charge in [-0.25, -0.2) is 9.53 Å². The van der Waals surface area contributed by atoms with Crippen LogP contribution in [0.25, 0.3) is 15.9 Å². The lowest BCUT2D eigenvalue weighted by atomic mass is 10.1. The van der Waals surface area contributed by atoms with Crippen molar-refractivity contribution in [1.29, 1.82) is 0 Å². The molecule has 5 heteroatoms. The maximum atomic E-state index is 7.16. The van der Waals surface area contributed by atoms with Gasteiger partial charge >= 0.3 is 0 Å². The van der Waals surface area contributed by atoms with Crippen molar-refractivity contribution in [3.05, 3.63) is 29.6 Å². The lowest BCUT2D eigenvalue weighted by Gasteiger charge is -2.22. The van der Waals surface area contributed by atoms with Gasteiger partial charge in [0.2, 0.25) is 0 Å². The van der Waals surface area contributed by atoms with E-state index in [0.29, 0.717) is 5.69 Å². The van der Waals surface area contributed by atoms with E-state index in [1.165, 1.54) is 90.1 Å². The minimum Gasteiger partial charge on any atom is -0.301 e. The van der Waals surface area contributed by atoms with Gasteiger partial charge < -0.3 is 4.90 Å². The van der Waals surface area contributed by atoms with E-state index in [2.05, 4.69) is 33.9 Å². The van der Waals surface area contributed by atoms with E-state index in [0.717, 1.165) is 24.1 Å². The predicted octanol–water partition coefficient (Wildman–Crippen LogP) is 7.01. The van der Waals surface area contributed by atoms with Crippen molar-refractivity contribution in [2.45, 2.75) is 97.4 Å². The molecule has 0 spiro atoms. The molecule has 166 valence electrons. The van der Waals surface area contributed by atoms with E-state index in [1.54, 1.807) is 0 Å². The Bertz CT molecular complexity index is 730. The van der Waals surface area contributed by atoms with Crippen LogP contribution >= 0.6 is 0 Å². The molecule has 1 aromatic heterocycles. The third kappa shape index (κ3) is 8.83. The molecule has 1 aromatic carbocycles. The molecule has 0 aliphatic rings. The van der Waals surface area contributed by atoms with Gasteiger partial charge in [-0.2, -0.15) is 0 Å². The lowest BCUT2D eigenvalue weighted by molar-refractivity contribution is 0.247. The Morgan fingerprint density at radius 3 is 2.03 bits per heavy atom. The van der Waals surface area contributed by atoms with Crippen molar-refractivity contribution in [2.24, 2.45) is 0 Å². The first kappa shape index (κ1) is 24.3. The summed E-state index contributed by atoms with van der Waals surface area (Å²) < 4.78 is 2.00. The van der Waals surface area contributed by atoms with Crippen molar-refractivity contribution >= 4 is 16.7 Å². The summed E-state index contributed by atoms with van der Waals surface area (Å²) in [4.78, 5) is 6.12. The zero-order valence-electron chi connectivity index (χ0n) is 19.3. The number of hydrogen-bond donors (Lipinski definition) is 0. The number of rotatable bonds is 17. The second kappa shape index (κ2) is 15.0. The Morgan fingerprint density at radius 1 is 0.833 bits per heavy atom. The van der Waals surface area contributed by atoms with Crippen LogP contribution in [0.1, 0.15) is 90.9 Å². The number of nitrogens with zero attached hydrogens (tertiary/aromatic N) is 5. The summed E-state index contributed by atoms with van der Waals surface area (Å²) >= 11 is 0. The van der Waals surface area contributed by atoms with Gasteiger partial charge in [0, 0.05) is 6.54 Å². The van der Waals surface area contributed by atoms with Gasteiger partial charge in [-0.05, 0) is 38.1 Å². The van der Waals surface area contributed by atoms with Crippen LogP contribution < -0.4 is 0 Å². The van der Waals surface area contributed by atoms with Crippen LogP contribution in [-0.4, -0.2) is 39.5 Å². The zero-order chi connectivity index (χ0) is 21.4. The number of hydrogen-bond acceptors (Lipinski definition) is 3. The number of fused-ring (bicyclic) bond motifs is 1. The highest BCUT2D eigenvalue weighted by Gasteiger charge is 2.09. The van der Waals surface area contributed by atoms with Crippen LogP contribution in [-0.2, 0) is 6.54 Å². The average molecular weight is 412 g/mol. The number of unbranched alkanes of at least 4 members (excludes halogenated alkanes) is 10. The summed E-state index contributed by atoms with van der Waals surface area (Å²) in [7, 11) is 0. The van der Waals surface area contributed by atoms with Crippen LogP contribution in [0.3, 0.4) is 0 Å². The normalized spacial score (nSPS) is 11.4. The van der Waals surface area contributed by atoms with E-state index < -0.39 is 0 Å². The molecule has 2 rings (SSSR count). The van der Waals surface area contributed by atoms with Crippen molar-refractivity contribution in [2.75, 3.05) is 19.6 Å². The summed E-state index contributed by atoms with van der Waals surface area (Å²) in [6, 6.07) is 5.67. The summed E-state index contributed by atoms with van der Waals surface area (Å²) in [5.41, 5.74) is 2.48. The highest BCUT2D eigenvalue weighted by molar-refractivity contribution is 5.78. The van der Waals surface area contributed by atoms with Gasteiger partial charge in [0.25, 0.3) is 0 Å². The zero-order valence-corrected chi connectivity index (χ0v) is 19.3. The molecule has 2 aromatic rings. The molecule has 0 saturated carbocycles. The van der Waals surface area contributed by atoms with Gasteiger partial charge in [-0.3, -0.25) is 0 Å². The average Bonchev–Trinajstić information content (AvgIpc) is 3.18. The van der Waals surface area contributed by atoms with Gasteiger partial charge in [-0.1, -0.05) is 89.3 Å². The fourth-order valence-electron chi connectivity index (χ4n) is 4.00. The minimum atomic E-state index is 0.627. The first-order valence-corrected chi connectivity index (χ1v) is 12.2. The molecule has 1 heterocycles. The summed E-state index contributed by atoms with van der Waals surface area (Å²) in [5, 5.41) is 8.60. The maximum Gasteiger partial charge on any atom is 0.189 e.